The van der Waals surface area contributed by atoms with Gasteiger partial charge in [-0.25, -0.2) is 0 Å². The molecule has 1 fully saturated rings. The maximum absolute atomic E-state index is 5.86. The van der Waals surface area contributed by atoms with Crippen molar-refractivity contribution in [3.05, 3.63) is 0 Å². The van der Waals surface area contributed by atoms with E-state index in [-0.39, 0.29) is 0 Å². The van der Waals surface area contributed by atoms with Gasteiger partial charge in [0.2, 0.25) is 0 Å². The average molecular weight is 228 g/mol. The van der Waals surface area contributed by atoms with E-state index in [9.17, 15) is 0 Å². The molecule has 3 atom stereocenters. The number of ether oxygens (including phenoxy) is 1. The van der Waals surface area contributed by atoms with Crippen molar-refractivity contribution in [2.45, 2.75) is 65.0 Å². The van der Waals surface area contributed by atoms with Crippen molar-refractivity contribution in [1.29, 1.82) is 0 Å². The molecule has 0 bridgehead atoms. The van der Waals surface area contributed by atoms with Gasteiger partial charge in [-0.15, -0.1) is 0 Å². The minimum Gasteiger partial charge on any atom is -0.377 e. The Hall–Kier alpha value is -0.120. The van der Waals surface area contributed by atoms with Crippen molar-refractivity contribution in [1.82, 2.24) is 5.43 Å². The summed E-state index contributed by atoms with van der Waals surface area (Å²) in [4.78, 5) is 0. The molecule has 0 aromatic rings. The van der Waals surface area contributed by atoms with Crippen LogP contribution in [0.3, 0.4) is 0 Å². The molecule has 96 valence electrons. The first kappa shape index (κ1) is 13.9. The molecule has 0 aliphatic heterocycles. The van der Waals surface area contributed by atoms with Crippen LogP contribution < -0.4 is 11.3 Å². The lowest BCUT2D eigenvalue weighted by Gasteiger charge is -2.28. The third-order valence-electron chi connectivity index (χ3n) is 3.49. The predicted molar refractivity (Wildman–Crippen MR) is 67.9 cm³/mol. The number of rotatable bonds is 9. The summed E-state index contributed by atoms with van der Waals surface area (Å²) in [7, 11) is 0. The highest BCUT2D eigenvalue weighted by atomic mass is 16.5. The fourth-order valence-corrected chi connectivity index (χ4v) is 2.54. The van der Waals surface area contributed by atoms with Gasteiger partial charge in [-0.1, -0.05) is 26.7 Å². The van der Waals surface area contributed by atoms with Gasteiger partial charge in [0.25, 0.3) is 0 Å². The summed E-state index contributed by atoms with van der Waals surface area (Å²) in [6, 6.07) is 0.328. The molecule has 1 aliphatic carbocycles. The Morgan fingerprint density at radius 3 is 2.50 bits per heavy atom. The average Bonchev–Trinajstić information content (AvgIpc) is 3.07. The minimum atomic E-state index is 0.328. The van der Waals surface area contributed by atoms with Crippen molar-refractivity contribution in [3.8, 4) is 0 Å². The number of hydrogen-bond donors (Lipinski definition) is 2. The predicted octanol–water partition coefficient (Wildman–Crippen LogP) is 2.46. The van der Waals surface area contributed by atoms with Crippen LogP contribution in [0.15, 0.2) is 0 Å². The molecule has 3 heteroatoms. The molecule has 0 radical (unpaired) electrons. The van der Waals surface area contributed by atoms with E-state index in [1.165, 1.54) is 25.7 Å². The van der Waals surface area contributed by atoms with E-state index in [4.69, 9.17) is 10.6 Å². The quantitative estimate of drug-likeness (QED) is 0.471. The van der Waals surface area contributed by atoms with Crippen molar-refractivity contribution in [3.63, 3.8) is 0 Å². The van der Waals surface area contributed by atoms with E-state index < -0.39 is 0 Å². The van der Waals surface area contributed by atoms with Gasteiger partial charge in [-0.2, -0.15) is 0 Å². The number of hydrazine groups is 1. The number of nitrogens with one attached hydrogen (secondary N) is 1. The summed E-state index contributed by atoms with van der Waals surface area (Å²) in [6.45, 7) is 7.41. The summed E-state index contributed by atoms with van der Waals surface area (Å²) in [5.41, 5.74) is 2.97. The SMILES string of the molecule is CCCC(C)CC(NN)C(OCC)C1CC1. The maximum Gasteiger partial charge on any atom is 0.0769 e. The van der Waals surface area contributed by atoms with E-state index in [1.54, 1.807) is 0 Å². The van der Waals surface area contributed by atoms with Gasteiger partial charge in [0.05, 0.1) is 6.10 Å². The van der Waals surface area contributed by atoms with E-state index in [0.29, 0.717) is 12.1 Å². The smallest absolute Gasteiger partial charge is 0.0769 e. The van der Waals surface area contributed by atoms with Gasteiger partial charge < -0.3 is 4.74 Å². The molecular weight excluding hydrogens is 200 g/mol. The zero-order valence-corrected chi connectivity index (χ0v) is 11.0. The molecule has 3 N–H and O–H groups in total. The van der Waals surface area contributed by atoms with Gasteiger partial charge >= 0.3 is 0 Å². The van der Waals surface area contributed by atoms with E-state index >= 15 is 0 Å². The molecule has 1 saturated carbocycles. The van der Waals surface area contributed by atoms with Crippen molar-refractivity contribution < 1.29 is 4.74 Å². The standard InChI is InChI=1S/C13H28N2O/c1-4-6-10(3)9-12(15-14)13(16-5-2)11-7-8-11/h10-13,15H,4-9,14H2,1-3H3. The Morgan fingerprint density at radius 2 is 2.06 bits per heavy atom. The highest BCUT2D eigenvalue weighted by Crippen LogP contribution is 2.37. The summed E-state index contributed by atoms with van der Waals surface area (Å²) < 4.78 is 5.86. The van der Waals surface area contributed by atoms with Gasteiger partial charge in [-0.05, 0) is 38.0 Å². The number of nitrogens with two attached hydrogens (primary N) is 1. The molecular formula is C13H28N2O. The molecule has 0 aromatic carbocycles. The lowest BCUT2D eigenvalue weighted by molar-refractivity contribution is 0.0130. The van der Waals surface area contributed by atoms with E-state index in [0.717, 1.165) is 24.9 Å². The second-order valence-electron chi connectivity index (χ2n) is 5.16. The van der Waals surface area contributed by atoms with Crippen LogP contribution in [0.5, 0.6) is 0 Å². The van der Waals surface area contributed by atoms with Crippen LogP contribution in [0.25, 0.3) is 0 Å². The third kappa shape index (κ3) is 4.40. The van der Waals surface area contributed by atoms with Crippen LogP contribution in [-0.4, -0.2) is 18.8 Å². The van der Waals surface area contributed by atoms with Gasteiger partial charge in [-0.3, -0.25) is 11.3 Å². The molecule has 3 nitrogen and oxygen atoms in total. The van der Waals surface area contributed by atoms with Crippen LogP contribution in [0.2, 0.25) is 0 Å². The Bertz CT molecular complexity index is 183. The first-order valence-electron chi connectivity index (χ1n) is 6.80. The van der Waals surface area contributed by atoms with Crippen LogP contribution in [0, 0.1) is 11.8 Å². The normalized spacial score (nSPS) is 21.8. The van der Waals surface area contributed by atoms with Gasteiger partial charge in [0.15, 0.2) is 0 Å². The molecule has 0 heterocycles. The molecule has 1 aliphatic rings. The highest BCUT2D eigenvalue weighted by Gasteiger charge is 2.37. The summed E-state index contributed by atoms with van der Waals surface area (Å²) in [5, 5.41) is 0. The Kier molecular flexibility index (Phi) is 6.32. The second kappa shape index (κ2) is 7.25. The Balaban J connectivity index is 2.42. The maximum atomic E-state index is 5.86. The molecule has 0 spiro atoms. The molecule has 0 aromatic heterocycles. The number of hydrogen-bond acceptors (Lipinski definition) is 3. The molecule has 0 amide bonds. The Morgan fingerprint density at radius 1 is 1.38 bits per heavy atom. The topological polar surface area (TPSA) is 47.3 Å². The first-order chi connectivity index (χ1) is 7.72. The largest absolute Gasteiger partial charge is 0.377 e. The van der Waals surface area contributed by atoms with Gasteiger partial charge in [0.1, 0.15) is 0 Å². The van der Waals surface area contributed by atoms with Crippen LogP contribution in [0.1, 0.15) is 52.9 Å². The van der Waals surface area contributed by atoms with Gasteiger partial charge in [0, 0.05) is 12.6 Å². The molecule has 1 rings (SSSR count). The summed E-state index contributed by atoms with van der Waals surface area (Å²) in [5.74, 6) is 7.16. The zero-order valence-electron chi connectivity index (χ0n) is 11.0. The lowest BCUT2D eigenvalue weighted by atomic mass is 9.93. The lowest BCUT2D eigenvalue weighted by Crippen LogP contribution is -2.47. The van der Waals surface area contributed by atoms with Crippen molar-refractivity contribution in [2.75, 3.05) is 6.61 Å². The summed E-state index contributed by atoms with van der Waals surface area (Å²) in [6.07, 6.45) is 6.61. The van der Waals surface area contributed by atoms with Crippen molar-refractivity contribution >= 4 is 0 Å². The second-order valence-corrected chi connectivity index (χ2v) is 5.16. The van der Waals surface area contributed by atoms with Crippen LogP contribution in [-0.2, 0) is 4.74 Å². The van der Waals surface area contributed by atoms with Crippen molar-refractivity contribution in [2.24, 2.45) is 17.7 Å². The van der Waals surface area contributed by atoms with Crippen LogP contribution in [0.4, 0.5) is 0 Å². The zero-order chi connectivity index (χ0) is 12.0. The summed E-state index contributed by atoms with van der Waals surface area (Å²) >= 11 is 0. The van der Waals surface area contributed by atoms with E-state index in [1.807, 2.05) is 0 Å². The monoisotopic (exact) mass is 228 g/mol. The van der Waals surface area contributed by atoms with E-state index in [2.05, 4.69) is 26.2 Å². The highest BCUT2D eigenvalue weighted by molar-refractivity contribution is 4.90. The fourth-order valence-electron chi connectivity index (χ4n) is 2.54. The first-order valence-corrected chi connectivity index (χ1v) is 6.80. The van der Waals surface area contributed by atoms with Crippen LogP contribution >= 0.6 is 0 Å². The molecule has 3 unspecified atom stereocenters. The minimum absolute atomic E-state index is 0.328. The molecule has 0 saturated heterocycles. The molecule has 16 heavy (non-hydrogen) atoms. The fraction of sp³-hybridized carbons (Fsp3) is 1.00. The third-order valence-corrected chi connectivity index (χ3v) is 3.49. The Labute approximate surface area is 100 Å².